The number of amides is 2. The van der Waals surface area contributed by atoms with Crippen molar-refractivity contribution in [2.75, 3.05) is 18.0 Å². The summed E-state index contributed by atoms with van der Waals surface area (Å²) in [4.78, 5) is 32.8. The summed E-state index contributed by atoms with van der Waals surface area (Å²) < 4.78 is 5.92. The molecule has 5 nitrogen and oxygen atoms in total. The smallest absolute Gasteiger partial charge is 0.261 e. The Morgan fingerprint density at radius 3 is 1.93 bits per heavy atom. The van der Waals surface area contributed by atoms with Crippen molar-refractivity contribution in [1.29, 1.82) is 0 Å². The van der Waals surface area contributed by atoms with E-state index in [1.54, 1.807) is 4.90 Å². The van der Waals surface area contributed by atoms with Gasteiger partial charge in [0, 0.05) is 46.5 Å². The van der Waals surface area contributed by atoms with Gasteiger partial charge in [0.25, 0.3) is 11.8 Å². The second kappa shape index (κ2) is 8.90. The molecule has 3 heterocycles. The molecule has 0 radical (unpaired) electrons. The van der Waals surface area contributed by atoms with Crippen molar-refractivity contribution in [3.05, 3.63) is 64.7 Å². The fraction of sp³-hybridized carbons (Fsp3) is 0.389. The summed E-state index contributed by atoms with van der Waals surface area (Å²) in [5, 5.41) is 9.20. The van der Waals surface area contributed by atoms with Gasteiger partial charge >= 0.3 is 0 Å². The topological polar surface area (TPSA) is 49.9 Å². The van der Waals surface area contributed by atoms with Gasteiger partial charge in [-0.25, -0.2) is 0 Å². The predicted octanol–water partition coefficient (Wildman–Crippen LogP) is 8.03. The molecule has 0 spiro atoms. The standard InChI is InChI=1S/C36H36N2O3/c1-19(2)34(20(3)4)38-35(39)26-13-12-24-23-10-8-21-17-41-18-22-9-11-25(30(23)29(21)22)32-28(37-14-6-5-7-15-37)16-27(36(38)40)31(26)33(24)32/h8-13,16,19-20,34H,5-7,14-15,17-18H2,1-4H3. The van der Waals surface area contributed by atoms with Crippen LogP contribution in [0.2, 0.25) is 0 Å². The van der Waals surface area contributed by atoms with Crippen LogP contribution in [0.3, 0.4) is 0 Å². The van der Waals surface area contributed by atoms with E-state index in [1.807, 2.05) is 6.07 Å². The maximum atomic E-state index is 14.5. The maximum absolute atomic E-state index is 14.5. The Bertz CT molecular complexity index is 1900. The van der Waals surface area contributed by atoms with Crippen LogP contribution in [0.1, 0.15) is 78.8 Å². The van der Waals surface area contributed by atoms with Crippen LogP contribution in [0, 0.1) is 11.8 Å². The van der Waals surface area contributed by atoms with Crippen molar-refractivity contribution in [3.8, 4) is 0 Å². The first-order chi connectivity index (χ1) is 19.9. The van der Waals surface area contributed by atoms with Crippen molar-refractivity contribution in [2.45, 2.75) is 66.2 Å². The number of carbonyl (C=O) groups is 2. The zero-order chi connectivity index (χ0) is 28.2. The normalized spacial score (nSPS) is 17.6. The Morgan fingerprint density at radius 1 is 0.634 bits per heavy atom. The van der Waals surface area contributed by atoms with Crippen molar-refractivity contribution in [1.82, 2.24) is 4.90 Å². The summed E-state index contributed by atoms with van der Waals surface area (Å²) in [5.74, 6) is 0.0139. The molecule has 2 amide bonds. The molecular formula is C36H36N2O3. The summed E-state index contributed by atoms with van der Waals surface area (Å²) in [6.07, 6.45) is 3.53. The van der Waals surface area contributed by atoms with Gasteiger partial charge in [-0.1, -0.05) is 58.0 Å². The first-order valence-electron chi connectivity index (χ1n) is 15.3. The second-order valence-corrected chi connectivity index (χ2v) is 13.0. The van der Waals surface area contributed by atoms with E-state index in [1.165, 1.54) is 44.5 Å². The fourth-order valence-electron chi connectivity index (χ4n) is 8.36. The number of benzene rings is 5. The minimum Gasteiger partial charge on any atom is -0.372 e. The van der Waals surface area contributed by atoms with Crippen LogP contribution in [0.5, 0.6) is 0 Å². The van der Waals surface area contributed by atoms with E-state index in [9.17, 15) is 9.59 Å². The molecular weight excluding hydrogens is 508 g/mol. The van der Waals surface area contributed by atoms with E-state index in [4.69, 9.17) is 4.74 Å². The number of fused-ring (bicyclic) bond motifs is 2. The summed E-state index contributed by atoms with van der Waals surface area (Å²) >= 11 is 0. The molecule has 5 aromatic carbocycles. The summed E-state index contributed by atoms with van der Waals surface area (Å²) in [5.41, 5.74) is 4.93. The molecule has 5 heteroatoms. The lowest BCUT2D eigenvalue weighted by Gasteiger charge is -2.39. The molecule has 41 heavy (non-hydrogen) atoms. The van der Waals surface area contributed by atoms with E-state index in [0.717, 1.165) is 47.8 Å². The van der Waals surface area contributed by atoms with Gasteiger partial charge in [0.15, 0.2) is 0 Å². The molecule has 1 fully saturated rings. The lowest BCUT2D eigenvalue weighted by Crippen LogP contribution is -2.51. The molecule has 0 atom stereocenters. The van der Waals surface area contributed by atoms with Gasteiger partial charge in [0.05, 0.1) is 18.8 Å². The molecule has 0 N–H and O–H groups in total. The average Bonchev–Trinajstić information content (AvgIpc) is 2.98. The third kappa shape index (κ3) is 3.33. The molecule has 0 aliphatic carbocycles. The first-order valence-corrected chi connectivity index (χ1v) is 15.3. The van der Waals surface area contributed by atoms with Crippen LogP contribution in [-0.4, -0.2) is 35.8 Å². The molecule has 208 valence electrons. The number of anilines is 1. The minimum atomic E-state index is -0.164. The molecule has 3 aliphatic heterocycles. The molecule has 8 rings (SSSR count). The van der Waals surface area contributed by atoms with Crippen molar-refractivity contribution < 1.29 is 14.3 Å². The highest BCUT2D eigenvalue weighted by Crippen LogP contribution is 2.50. The van der Waals surface area contributed by atoms with Crippen molar-refractivity contribution >= 4 is 60.6 Å². The summed E-state index contributed by atoms with van der Waals surface area (Å²) in [6.45, 7) is 11.6. The number of piperidine rings is 1. The molecule has 3 aliphatic rings. The molecule has 0 unspecified atom stereocenters. The van der Waals surface area contributed by atoms with E-state index in [-0.39, 0.29) is 29.7 Å². The van der Waals surface area contributed by atoms with Gasteiger partial charge in [0.2, 0.25) is 0 Å². The highest BCUT2D eigenvalue weighted by Gasteiger charge is 2.41. The molecule has 0 bridgehead atoms. The van der Waals surface area contributed by atoms with E-state index < -0.39 is 0 Å². The third-order valence-electron chi connectivity index (χ3n) is 9.93. The Hall–Kier alpha value is -3.70. The van der Waals surface area contributed by atoms with Gasteiger partial charge in [-0.3, -0.25) is 14.5 Å². The van der Waals surface area contributed by atoms with Gasteiger partial charge < -0.3 is 9.64 Å². The Kier molecular flexibility index (Phi) is 5.44. The van der Waals surface area contributed by atoms with E-state index >= 15 is 0 Å². The molecule has 1 saturated heterocycles. The van der Waals surface area contributed by atoms with Crippen LogP contribution < -0.4 is 4.90 Å². The van der Waals surface area contributed by atoms with Gasteiger partial charge in [-0.15, -0.1) is 0 Å². The Labute approximate surface area is 240 Å². The number of hydrogen-bond donors (Lipinski definition) is 0. The predicted molar refractivity (Wildman–Crippen MR) is 166 cm³/mol. The fourth-order valence-corrected chi connectivity index (χ4v) is 8.36. The Balaban J connectivity index is 1.54. The van der Waals surface area contributed by atoms with Crippen molar-refractivity contribution in [2.24, 2.45) is 11.8 Å². The van der Waals surface area contributed by atoms with Gasteiger partial charge in [0.1, 0.15) is 0 Å². The third-order valence-corrected chi connectivity index (χ3v) is 9.93. The van der Waals surface area contributed by atoms with Crippen molar-refractivity contribution in [3.63, 3.8) is 0 Å². The van der Waals surface area contributed by atoms with Crippen LogP contribution in [0.25, 0.3) is 43.1 Å². The quantitative estimate of drug-likeness (QED) is 0.131. The number of imide groups is 1. The van der Waals surface area contributed by atoms with Crippen LogP contribution in [0.15, 0.2) is 42.5 Å². The highest BCUT2D eigenvalue weighted by atomic mass is 16.5. The monoisotopic (exact) mass is 544 g/mol. The lowest BCUT2D eigenvalue weighted by molar-refractivity contribution is 0.0436. The highest BCUT2D eigenvalue weighted by molar-refractivity contribution is 6.40. The number of hydrogen-bond acceptors (Lipinski definition) is 4. The summed E-state index contributed by atoms with van der Waals surface area (Å²) in [7, 11) is 0. The Morgan fingerprint density at radius 2 is 1.24 bits per heavy atom. The maximum Gasteiger partial charge on any atom is 0.261 e. The number of carbonyl (C=O) groups excluding carboxylic acids is 2. The number of rotatable bonds is 4. The van der Waals surface area contributed by atoms with E-state index in [0.29, 0.717) is 24.3 Å². The largest absolute Gasteiger partial charge is 0.372 e. The van der Waals surface area contributed by atoms with Crippen LogP contribution in [-0.2, 0) is 18.0 Å². The molecule has 0 aromatic heterocycles. The lowest BCUT2D eigenvalue weighted by atomic mass is 9.81. The second-order valence-electron chi connectivity index (χ2n) is 13.0. The molecule has 0 saturated carbocycles. The van der Waals surface area contributed by atoms with E-state index in [2.05, 4.69) is 69.0 Å². The SMILES string of the molecule is CC(C)C(C(C)C)N1C(=O)c2ccc3c4ccc5c6c(ccc(c7c(N8CCCCC8)cc(c2c37)C1=O)c64)COC5. The minimum absolute atomic E-state index is 0.148. The zero-order valence-electron chi connectivity index (χ0n) is 24.3. The first kappa shape index (κ1) is 25.0. The number of ether oxygens (including phenoxy) is 1. The number of nitrogens with zero attached hydrogens (tertiary/aromatic N) is 2. The van der Waals surface area contributed by atoms with Crippen LogP contribution in [0.4, 0.5) is 5.69 Å². The summed E-state index contributed by atoms with van der Waals surface area (Å²) in [6, 6.07) is 15.0. The van der Waals surface area contributed by atoms with Crippen LogP contribution >= 0.6 is 0 Å². The van der Waals surface area contributed by atoms with Gasteiger partial charge in [-0.05, 0) is 81.3 Å². The zero-order valence-corrected chi connectivity index (χ0v) is 24.3. The van der Waals surface area contributed by atoms with Gasteiger partial charge in [-0.2, -0.15) is 0 Å². The average molecular weight is 545 g/mol. The molecule has 5 aromatic rings.